The number of benzene rings is 3. The molecule has 0 spiro atoms. The minimum atomic E-state index is -0.817. The van der Waals surface area contributed by atoms with E-state index in [4.69, 9.17) is 25.8 Å². The number of imide groups is 1. The number of nitro groups is 1. The van der Waals surface area contributed by atoms with E-state index in [1.165, 1.54) is 74.9 Å². The monoisotopic (exact) mass is 523 g/mol. The number of ether oxygens (including phenoxy) is 3. The van der Waals surface area contributed by atoms with Crippen LogP contribution in [0.4, 0.5) is 17.1 Å². The largest absolute Gasteiger partial charge is 0.497 e. The third-order valence-corrected chi connectivity index (χ3v) is 5.66. The molecule has 11 nitrogen and oxygen atoms in total. The Morgan fingerprint density at radius 3 is 2.30 bits per heavy atom. The highest BCUT2D eigenvalue weighted by atomic mass is 35.5. The van der Waals surface area contributed by atoms with Crippen LogP contribution in [0, 0.1) is 10.1 Å². The van der Waals surface area contributed by atoms with E-state index < -0.39 is 22.7 Å². The first-order valence-electron chi connectivity index (χ1n) is 10.6. The second-order valence-corrected chi connectivity index (χ2v) is 7.87. The molecule has 12 heteroatoms. The molecule has 0 aromatic heterocycles. The lowest BCUT2D eigenvalue weighted by Gasteiger charge is -2.18. The summed E-state index contributed by atoms with van der Waals surface area (Å²) in [7, 11) is 2.86. The van der Waals surface area contributed by atoms with Gasteiger partial charge in [-0.15, -0.1) is 0 Å². The van der Waals surface area contributed by atoms with Crippen molar-refractivity contribution in [2.45, 2.75) is 0 Å². The number of methoxy groups -OCH3 is 2. The first-order chi connectivity index (χ1) is 17.7. The zero-order valence-corrected chi connectivity index (χ0v) is 20.1. The maximum atomic E-state index is 13.1. The molecule has 37 heavy (non-hydrogen) atoms. The Kier molecular flexibility index (Phi) is 7.07. The number of nitrogens with one attached hydrogen (secondary N) is 1. The van der Waals surface area contributed by atoms with Gasteiger partial charge in [-0.3, -0.25) is 19.7 Å². The Morgan fingerprint density at radius 1 is 0.946 bits per heavy atom. The van der Waals surface area contributed by atoms with Gasteiger partial charge in [0.05, 0.1) is 30.4 Å². The van der Waals surface area contributed by atoms with Crippen molar-refractivity contribution in [3.8, 4) is 17.2 Å². The average molecular weight is 524 g/mol. The summed E-state index contributed by atoms with van der Waals surface area (Å²) in [6.45, 7) is 0. The van der Waals surface area contributed by atoms with Gasteiger partial charge in [0.25, 0.3) is 11.8 Å². The van der Waals surface area contributed by atoms with Gasteiger partial charge in [-0.05, 0) is 42.5 Å². The Bertz CT molecular complexity index is 1450. The lowest BCUT2D eigenvalue weighted by atomic mass is 10.2. The zero-order valence-electron chi connectivity index (χ0n) is 19.4. The van der Waals surface area contributed by atoms with E-state index in [1.807, 2.05) is 0 Å². The van der Waals surface area contributed by atoms with E-state index in [-0.39, 0.29) is 39.2 Å². The number of nitrogens with zero attached hydrogens (tertiary/aromatic N) is 2. The molecule has 2 amide bonds. The number of halogens is 1. The number of carbonyl (C=O) groups excluding carboxylic acids is 3. The van der Waals surface area contributed by atoms with Crippen LogP contribution in [0.2, 0.25) is 0 Å². The lowest BCUT2D eigenvalue weighted by molar-refractivity contribution is -0.385. The quantitative estimate of drug-likeness (QED) is 0.151. The fourth-order valence-electron chi connectivity index (χ4n) is 3.49. The second-order valence-electron chi connectivity index (χ2n) is 7.49. The van der Waals surface area contributed by atoms with Gasteiger partial charge in [0.1, 0.15) is 22.2 Å². The minimum absolute atomic E-state index is 0.0993. The Balaban J connectivity index is 1.51. The molecule has 3 aromatic rings. The lowest BCUT2D eigenvalue weighted by Crippen LogP contribution is -2.32. The van der Waals surface area contributed by atoms with Gasteiger partial charge in [-0.2, -0.15) is 0 Å². The highest BCUT2D eigenvalue weighted by Crippen LogP contribution is 2.37. The number of anilines is 2. The summed E-state index contributed by atoms with van der Waals surface area (Å²) in [6.07, 6.45) is 0. The molecule has 1 aliphatic heterocycles. The topological polar surface area (TPSA) is 137 Å². The van der Waals surface area contributed by atoms with Gasteiger partial charge in [0.15, 0.2) is 0 Å². The Hall–Kier alpha value is -4.90. The van der Waals surface area contributed by atoms with Gasteiger partial charge < -0.3 is 19.5 Å². The summed E-state index contributed by atoms with van der Waals surface area (Å²) in [5.74, 6) is -1.77. The molecule has 0 atom stereocenters. The van der Waals surface area contributed by atoms with Crippen LogP contribution in [0.5, 0.6) is 17.2 Å². The number of para-hydroxylation sites is 2. The molecular formula is C25H18ClN3O8. The predicted molar refractivity (Wildman–Crippen MR) is 133 cm³/mol. The maximum absolute atomic E-state index is 13.1. The standard InChI is InChI=1S/C25H18ClN3O8/c1-35-16-11-12-17(20(13-16)36-2)28-23(30)21(26)22(24(28)31)27-15-9-7-14(8-10-15)25(32)37-19-6-4-3-5-18(19)29(33)34/h3-13,27H,1-2H3. The summed E-state index contributed by atoms with van der Waals surface area (Å²) < 4.78 is 15.6. The van der Waals surface area contributed by atoms with Gasteiger partial charge in [-0.25, -0.2) is 9.69 Å². The van der Waals surface area contributed by atoms with E-state index in [2.05, 4.69) is 5.32 Å². The van der Waals surface area contributed by atoms with Crippen LogP contribution >= 0.6 is 11.6 Å². The van der Waals surface area contributed by atoms with E-state index in [9.17, 15) is 24.5 Å². The summed E-state index contributed by atoms with van der Waals surface area (Å²) in [5.41, 5.74) is 0.113. The molecular weight excluding hydrogens is 506 g/mol. The molecule has 0 saturated carbocycles. The molecule has 4 rings (SSSR count). The molecule has 0 fully saturated rings. The third kappa shape index (κ3) is 4.93. The number of amides is 2. The van der Waals surface area contributed by atoms with Crippen molar-refractivity contribution in [3.05, 3.63) is 93.1 Å². The molecule has 0 radical (unpaired) electrons. The number of esters is 1. The second kappa shape index (κ2) is 10.4. The van der Waals surface area contributed by atoms with Gasteiger partial charge in [0.2, 0.25) is 5.75 Å². The van der Waals surface area contributed by atoms with Crippen LogP contribution in [0.3, 0.4) is 0 Å². The SMILES string of the molecule is COc1ccc(N2C(=O)C(Cl)=C(Nc3ccc(C(=O)Oc4ccccc4[N+](=O)[O-])cc3)C2=O)c(OC)c1. The van der Waals surface area contributed by atoms with Crippen LogP contribution in [0.25, 0.3) is 0 Å². The molecule has 188 valence electrons. The van der Waals surface area contributed by atoms with Crippen LogP contribution in [-0.2, 0) is 9.59 Å². The highest BCUT2D eigenvalue weighted by Gasteiger charge is 2.40. The van der Waals surface area contributed by atoms with Crippen molar-refractivity contribution < 1.29 is 33.5 Å². The minimum Gasteiger partial charge on any atom is -0.497 e. The molecule has 0 unspecified atom stereocenters. The van der Waals surface area contributed by atoms with E-state index in [0.717, 1.165) is 4.90 Å². The van der Waals surface area contributed by atoms with Crippen LogP contribution in [-0.4, -0.2) is 36.9 Å². The average Bonchev–Trinajstić information content (AvgIpc) is 3.11. The Labute approximate surface area is 214 Å². The van der Waals surface area contributed by atoms with Crippen molar-refractivity contribution in [3.63, 3.8) is 0 Å². The zero-order chi connectivity index (χ0) is 26.7. The molecule has 0 bridgehead atoms. The smallest absolute Gasteiger partial charge is 0.343 e. The molecule has 0 aliphatic carbocycles. The summed E-state index contributed by atoms with van der Waals surface area (Å²) in [4.78, 5) is 49.7. The molecule has 1 heterocycles. The number of hydrogen-bond acceptors (Lipinski definition) is 9. The van der Waals surface area contributed by atoms with Crippen molar-refractivity contribution >= 4 is 46.4 Å². The van der Waals surface area contributed by atoms with E-state index in [0.29, 0.717) is 11.4 Å². The van der Waals surface area contributed by atoms with Gasteiger partial charge in [-0.1, -0.05) is 23.7 Å². The van der Waals surface area contributed by atoms with Crippen molar-refractivity contribution in [2.24, 2.45) is 0 Å². The molecule has 0 saturated heterocycles. The first-order valence-corrected chi connectivity index (χ1v) is 11.0. The van der Waals surface area contributed by atoms with Crippen LogP contribution in [0.1, 0.15) is 10.4 Å². The summed E-state index contributed by atoms with van der Waals surface area (Å²) in [5, 5.41) is 13.6. The highest BCUT2D eigenvalue weighted by molar-refractivity contribution is 6.53. The fourth-order valence-corrected chi connectivity index (χ4v) is 3.70. The van der Waals surface area contributed by atoms with Crippen LogP contribution in [0.15, 0.2) is 77.5 Å². The van der Waals surface area contributed by atoms with Crippen molar-refractivity contribution in [2.75, 3.05) is 24.4 Å². The molecule has 1 N–H and O–H groups in total. The number of nitro benzene ring substituents is 1. The number of carbonyl (C=O) groups is 3. The predicted octanol–water partition coefficient (Wildman–Crippen LogP) is 4.27. The third-order valence-electron chi connectivity index (χ3n) is 5.31. The van der Waals surface area contributed by atoms with Gasteiger partial charge in [0, 0.05) is 17.8 Å². The fraction of sp³-hybridized carbons (Fsp3) is 0.0800. The van der Waals surface area contributed by atoms with Crippen molar-refractivity contribution in [1.82, 2.24) is 0 Å². The summed E-state index contributed by atoms with van der Waals surface area (Å²) >= 11 is 6.19. The normalized spacial score (nSPS) is 13.0. The summed E-state index contributed by atoms with van der Waals surface area (Å²) in [6, 6.07) is 15.8. The molecule has 1 aliphatic rings. The number of rotatable bonds is 8. The van der Waals surface area contributed by atoms with E-state index >= 15 is 0 Å². The van der Waals surface area contributed by atoms with Gasteiger partial charge >= 0.3 is 11.7 Å². The Morgan fingerprint density at radius 2 is 1.65 bits per heavy atom. The first kappa shape index (κ1) is 25.2. The number of hydrogen-bond donors (Lipinski definition) is 1. The molecule has 3 aromatic carbocycles. The van der Waals surface area contributed by atoms with Crippen molar-refractivity contribution in [1.29, 1.82) is 0 Å². The van der Waals surface area contributed by atoms with E-state index in [1.54, 1.807) is 6.07 Å². The maximum Gasteiger partial charge on any atom is 0.343 e. The van der Waals surface area contributed by atoms with Crippen LogP contribution < -0.4 is 24.4 Å².